The van der Waals surface area contributed by atoms with Gasteiger partial charge in [0, 0.05) is 37.0 Å². The number of nitrogens with zero attached hydrogens (tertiary/aromatic N) is 2. The Kier molecular flexibility index (Phi) is 8.72. The molecule has 5 rings (SSSR count). The van der Waals surface area contributed by atoms with E-state index in [1.54, 1.807) is 35.2 Å². The van der Waals surface area contributed by atoms with Crippen LogP contribution in [0.5, 0.6) is 0 Å². The van der Waals surface area contributed by atoms with E-state index in [2.05, 4.69) is 20.3 Å². The van der Waals surface area contributed by atoms with Gasteiger partial charge in [0.15, 0.2) is 0 Å². The minimum Gasteiger partial charge on any atom is -0.353 e. The van der Waals surface area contributed by atoms with Crippen molar-refractivity contribution in [2.75, 3.05) is 24.5 Å². The van der Waals surface area contributed by atoms with Crippen molar-refractivity contribution < 1.29 is 30.8 Å². The second-order valence-electron chi connectivity index (χ2n) is 11.0. The summed E-state index contributed by atoms with van der Waals surface area (Å²) >= 11 is 0. The number of halogens is 4. The van der Waals surface area contributed by atoms with E-state index >= 15 is 0 Å². The van der Waals surface area contributed by atoms with Gasteiger partial charge in [0.1, 0.15) is 17.7 Å². The SMILES string of the molecule is C[C@@H](NC(=O)[C@H]1CC[C@H](NS(=O)(=O)c2ccc3nc(N4CCNC(C(F)(F)F)C4)ccc3c2)CC1)c1ccc(F)cc1. The third-order valence-electron chi connectivity index (χ3n) is 8.00. The first-order chi connectivity index (χ1) is 19.9. The Morgan fingerprint density at radius 3 is 2.45 bits per heavy atom. The predicted octanol–water partition coefficient (Wildman–Crippen LogP) is 4.43. The van der Waals surface area contributed by atoms with Crippen molar-refractivity contribution in [3.8, 4) is 0 Å². The zero-order chi connectivity index (χ0) is 30.1. The van der Waals surface area contributed by atoms with E-state index in [0.717, 1.165) is 5.56 Å². The summed E-state index contributed by atoms with van der Waals surface area (Å²) in [6.45, 7) is 2.13. The highest BCUT2D eigenvalue weighted by Crippen LogP contribution is 2.29. The molecule has 2 atom stereocenters. The third-order valence-corrected chi connectivity index (χ3v) is 9.52. The van der Waals surface area contributed by atoms with Crippen molar-refractivity contribution in [1.82, 2.24) is 20.3 Å². The highest BCUT2D eigenvalue weighted by atomic mass is 32.2. The number of hydrogen-bond donors (Lipinski definition) is 3. The lowest BCUT2D eigenvalue weighted by atomic mass is 9.85. The van der Waals surface area contributed by atoms with Gasteiger partial charge in [-0.3, -0.25) is 4.79 Å². The summed E-state index contributed by atoms with van der Waals surface area (Å²) in [5.74, 6) is -0.287. The molecule has 226 valence electrons. The van der Waals surface area contributed by atoms with Gasteiger partial charge in [0.2, 0.25) is 15.9 Å². The smallest absolute Gasteiger partial charge is 0.353 e. The van der Waals surface area contributed by atoms with Gasteiger partial charge in [-0.2, -0.15) is 13.2 Å². The van der Waals surface area contributed by atoms with Crippen molar-refractivity contribution in [3.05, 3.63) is 66.0 Å². The molecule has 2 fully saturated rings. The van der Waals surface area contributed by atoms with Crippen LogP contribution in [0.3, 0.4) is 0 Å². The summed E-state index contributed by atoms with van der Waals surface area (Å²) in [7, 11) is -3.85. The maximum atomic E-state index is 13.2. The van der Waals surface area contributed by atoms with Crippen molar-refractivity contribution >= 4 is 32.7 Å². The Balaban J connectivity index is 1.17. The molecule has 0 radical (unpaired) electrons. The second kappa shape index (κ2) is 12.1. The number of fused-ring (bicyclic) bond motifs is 1. The minimum atomic E-state index is -4.36. The van der Waals surface area contributed by atoms with Crippen LogP contribution in [-0.4, -0.2) is 57.2 Å². The number of aromatic nitrogens is 1. The molecule has 1 aliphatic heterocycles. The molecule has 0 spiro atoms. The summed E-state index contributed by atoms with van der Waals surface area (Å²) in [4.78, 5) is 18.9. The van der Waals surface area contributed by atoms with Crippen LogP contribution >= 0.6 is 0 Å². The van der Waals surface area contributed by atoms with E-state index < -0.39 is 22.2 Å². The van der Waals surface area contributed by atoms with E-state index in [-0.39, 0.29) is 47.7 Å². The number of amides is 1. The predicted molar refractivity (Wildman–Crippen MR) is 151 cm³/mol. The molecular weight excluding hydrogens is 574 g/mol. The number of carbonyl (C=O) groups excluding carboxylic acids is 1. The number of rotatable bonds is 7. The molecule has 1 aromatic heterocycles. The van der Waals surface area contributed by atoms with Gasteiger partial charge in [-0.15, -0.1) is 0 Å². The molecule has 1 unspecified atom stereocenters. The Morgan fingerprint density at radius 1 is 1.05 bits per heavy atom. The number of piperazine rings is 1. The number of hydrogen-bond acceptors (Lipinski definition) is 6. The van der Waals surface area contributed by atoms with Crippen LogP contribution < -0.4 is 20.3 Å². The molecule has 2 aliphatic rings. The van der Waals surface area contributed by atoms with Crippen LogP contribution in [0.1, 0.15) is 44.2 Å². The lowest BCUT2D eigenvalue weighted by Gasteiger charge is -2.35. The third kappa shape index (κ3) is 7.01. The largest absolute Gasteiger partial charge is 0.405 e. The molecule has 8 nitrogen and oxygen atoms in total. The Morgan fingerprint density at radius 2 is 1.76 bits per heavy atom. The summed E-state index contributed by atoms with van der Waals surface area (Å²) in [6.07, 6.45) is -2.29. The van der Waals surface area contributed by atoms with Gasteiger partial charge in [0.05, 0.1) is 16.5 Å². The van der Waals surface area contributed by atoms with Crippen LogP contribution in [0.4, 0.5) is 23.4 Å². The van der Waals surface area contributed by atoms with Crippen LogP contribution in [0.25, 0.3) is 10.9 Å². The summed E-state index contributed by atoms with van der Waals surface area (Å²) in [5.41, 5.74) is 1.28. The molecule has 2 aromatic carbocycles. The van der Waals surface area contributed by atoms with E-state index in [9.17, 15) is 30.8 Å². The maximum absolute atomic E-state index is 13.2. The summed E-state index contributed by atoms with van der Waals surface area (Å²) < 4.78 is 81.8. The minimum absolute atomic E-state index is 0.0665. The summed E-state index contributed by atoms with van der Waals surface area (Å²) in [6, 6.07) is 11.5. The fourth-order valence-corrected chi connectivity index (χ4v) is 6.88. The topological polar surface area (TPSA) is 103 Å². The Hall–Kier alpha value is -3.29. The monoisotopic (exact) mass is 607 g/mol. The number of benzene rings is 2. The number of nitrogens with one attached hydrogen (secondary N) is 3. The standard InChI is InChI=1S/C29H33F4N5O3S/c1-18(19-2-7-22(30)8-3-19)35-28(39)20-4-9-23(10-5-20)37-42(40,41)24-11-12-25-21(16-24)6-13-27(36-25)38-15-14-34-26(17-38)29(31,32)33/h2-3,6-8,11-13,16,18,20,23,26,34,37H,4-5,9-10,14-15,17H2,1H3,(H,35,39)/t18-,20-,23-,26?/m1/s1. The average Bonchev–Trinajstić information content (AvgIpc) is 2.96. The highest BCUT2D eigenvalue weighted by Gasteiger charge is 2.42. The first kappa shape index (κ1) is 30.2. The van der Waals surface area contributed by atoms with Gasteiger partial charge >= 0.3 is 6.18 Å². The Labute approximate surface area is 241 Å². The van der Waals surface area contributed by atoms with Crippen molar-refractivity contribution in [2.24, 2.45) is 5.92 Å². The molecule has 3 N–H and O–H groups in total. The van der Waals surface area contributed by atoms with Gasteiger partial charge in [-0.1, -0.05) is 12.1 Å². The molecule has 2 heterocycles. The lowest BCUT2D eigenvalue weighted by molar-refractivity contribution is -0.155. The number of alkyl halides is 3. The van der Waals surface area contributed by atoms with E-state index in [4.69, 9.17) is 0 Å². The van der Waals surface area contributed by atoms with Crippen molar-refractivity contribution in [2.45, 2.75) is 61.8 Å². The number of sulfonamides is 1. The van der Waals surface area contributed by atoms with Crippen LogP contribution in [0, 0.1) is 11.7 Å². The van der Waals surface area contributed by atoms with Crippen LogP contribution in [0.15, 0.2) is 59.5 Å². The Bertz CT molecular complexity index is 1530. The van der Waals surface area contributed by atoms with Gasteiger partial charge < -0.3 is 15.5 Å². The molecule has 1 saturated carbocycles. The van der Waals surface area contributed by atoms with E-state index in [1.165, 1.54) is 24.3 Å². The quantitative estimate of drug-likeness (QED) is 0.344. The molecule has 3 aromatic rings. The zero-order valence-electron chi connectivity index (χ0n) is 23.0. The maximum Gasteiger partial charge on any atom is 0.405 e. The first-order valence-corrected chi connectivity index (χ1v) is 15.4. The fourth-order valence-electron chi connectivity index (χ4n) is 5.54. The second-order valence-corrected chi connectivity index (χ2v) is 12.7. The van der Waals surface area contributed by atoms with Gasteiger partial charge in [0.25, 0.3) is 0 Å². The highest BCUT2D eigenvalue weighted by molar-refractivity contribution is 7.89. The first-order valence-electron chi connectivity index (χ1n) is 13.9. The number of carbonyl (C=O) groups is 1. The molecule has 0 bridgehead atoms. The van der Waals surface area contributed by atoms with Crippen molar-refractivity contribution in [1.29, 1.82) is 0 Å². The molecule has 42 heavy (non-hydrogen) atoms. The van der Waals surface area contributed by atoms with Crippen LogP contribution in [-0.2, 0) is 14.8 Å². The lowest BCUT2D eigenvalue weighted by Crippen LogP contribution is -2.57. The van der Waals surface area contributed by atoms with Gasteiger partial charge in [-0.25, -0.2) is 22.5 Å². The average molecular weight is 608 g/mol. The number of pyridine rings is 1. The van der Waals surface area contributed by atoms with E-state index in [0.29, 0.717) is 48.9 Å². The molecule has 1 aliphatic carbocycles. The van der Waals surface area contributed by atoms with Crippen LogP contribution in [0.2, 0.25) is 0 Å². The molecule has 13 heteroatoms. The normalized spacial score (nSPS) is 22.6. The van der Waals surface area contributed by atoms with E-state index in [1.807, 2.05) is 6.92 Å². The fraction of sp³-hybridized carbons (Fsp3) is 0.448. The summed E-state index contributed by atoms with van der Waals surface area (Å²) in [5, 5.41) is 6.00. The molecule has 1 amide bonds. The van der Waals surface area contributed by atoms with Crippen molar-refractivity contribution in [3.63, 3.8) is 0 Å². The van der Waals surface area contributed by atoms with Gasteiger partial charge in [-0.05, 0) is 80.6 Å². The number of anilines is 1. The zero-order valence-corrected chi connectivity index (χ0v) is 23.8. The molecular formula is C29H33F4N5O3S. The molecule has 1 saturated heterocycles.